The second-order valence-corrected chi connectivity index (χ2v) is 6.26. The van der Waals surface area contributed by atoms with Crippen LogP contribution in [0.2, 0.25) is 0 Å². The minimum absolute atomic E-state index is 0.102. The quantitative estimate of drug-likeness (QED) is 0.678. The number of benzene rings is 1. The van der Waals surface area contributed by atoms with Crippen LogP contribution in [0.25, 0.3) is 11.0 Å². The highest BCUT2D eigenvalue weighted by Crippen LogP contribution is 2.28. The molecule has 6 nitrogen and oxygen atoms in total. The van der Waals surface area contributed by atoms with Crippen molar-refractivity contribution < 1.29 is 14.6 Å². The van der Waals surface area contributed by atoms with Crippen molar-refractivity contribution in [2.45, 2.75) is 13.5 Å². The minimum Gasteiger partial charge on any atom is -0.506 e. The number of fused-ring (bicyclic) bond motifs is 1. The van der Waals surface area contributed by atoms with E-state index in [1.54, 1.807) is 13.0 Å². The number of rotatable bonds is 4. The highest BCUT2D eigenvalue weighted by molar-refractivity contribution is 9.10. The van der Waals surface area contributed by atoms with E-state index in [0.29, 0.717) is 15.5 Å². The molecule has 2 heterocycles. The largest absolute Gasteiger partial charge is 0.506 e. The van der Waals surface area contributed by atoms with E-state index in [0.717, 1.165) is 5.56 Å². The first-order chi connectivity index (χ1) is 12.0. The van der Waals surface area contributed by atoms with E-state index < -0.39 is 17.3 Å². The molecule has 0 saturated carbocycles. The lowest BCUT2D eigenvalue weighted by atomic mass is 10.1. The summed E-state index contributed by atoms with van der Waals surface area (Å²) >= 11 is 3.29. The zero-order valence-corrected chi connectivity index (χ0v) is 15.0. The Morgan fingerprint density at radius 1 is 1.32 bits per heavy atom. The molecule has 0 aliphatic rings. The lowest BCUT2D eigenvalue weighted by Crippen LogP contribution is -2.29. The molecule has 1 aromatic carbocycles. The van der Waals surface area contributed by atoms with Gasteiger partial charge in [-0.15, -0.1) is 0 Å². The predicted molar refractivity (Wildman–Crippen MR) is 96.9 cm³/mol. The van der Waals surface area contributed by atoms with Crippen molar-refractivity contribution in [2.24, 2.45) is 0 Å². The number of aromatic hydroxyl groups is 1. The first kappa shape index (κ1) is 17.2. The van der Waals surface area contributed by atoms with Crippen molar-refractivity contribution >= 4 is 32.9 Å². The summed E-state index contributed by atoms with van der Waals surface area (Å²) in [4.78, 5) is 29.3. The van der Waals surface area contributed by atoms with Gasteiger partial charge >= 0.3 is 5.97 Å². The molecule has 0 spiro atoms. The number of hydrogen-bond acceptors (Lipinski definition) is 5. The fourth-order valence-electron chi connectivity index (χ4n) is 2.59. The second-order valence-electron chi connectivity index (χ2n) is 5.35. The maximum atomic E-state index is 12.9. The molecule has 0 aliphatic carbocycles. The summed E-state index contributed by atoms with van der Waals surface area (Å²) in [6.45, 7) is 1.96. The number of ether oxygens (including phenoxy) is 1. The van der Waals surface area contributed by atoms with Crippen LogP contribution in [-0.2, 0) is 11.3 Å². The van der Waals surface area contributed by atoms with Crippen LogP contribution in [0.3, 0.4) is 0 Å². The van der Waals surface area contributed by atoms with Crippen LogP contribution in [0.1, 0.15) is 22.8 Å². The molecule has 2 aromatic heterocycles. The van der Waals surface area contributed by atoms with Gasteiger partial charge in [-0.3, -0.25) is 9.36 Å². The third-order valence-corrected chi connectivity index (χ3v) is 4.14. The topological polar surface area (TPSA) is 81.4 Å². The van der Waals surface area contributed by atoms with E-state index in [4.69, 9.17) is 4.74 Å². The monoisotopic (exact) mass is 402 g/mol. The summed E-state index contributed by atoms with van der Waals surface area (Å²) < 4.78 is 6.91. The average molecular weight is 403 g/mol. The van der Waals surface area contributed by atoms with Gasteiger partial charge in [0.15, 0.2) is 5.56 Å². The van der Waals surface area contributed by atoms with Gasteiger partial charge < -0.3 is 9.84 Å². The second kappa shape index (κ2) is 7.06. The summed E-state index contributed by atoms with van der Waals surface area (Å²) in [5.74, 6) is -1.27. The van der Waals surface area contributed by atoms with Gasteiger partial charge in [-0.05, 0) is 34.5 Å². The van der Waals surface area contributed by atoms with Gasteiger partial charge in [-0.1, -0.05) is 30.3 Å². The van der Waals surface area contributed by atoms with Crippen LogP contribution < -0.4 is 5.56 Å². The molecule has 0 aliphatic heterocycles. The number of nitrogens with zero attached hydrogens (tertiary/aromatic N) is 2. The van der Waals surface area contributed by atoms with Crippen molar-refractivity contribution in [3.8, 4) is 5.75 Å². The van der Waals surface area contributed by atoms with Gasteiger partial charge in [0.2, 0.25) is 0 Å². The maximum Gasteiger partial charge on any atom is 0.347 e. The molecular weight excluding hydrogens is 388 g/mol. The molecule has 128 valence electrons. The molecule has 0 radical (unpaired) electrons. The lowest BCUT2D eigenvalue weighted by Gasteiger charge is -2.14. The van der Waals surface area contributed by atoms with E-state index in [9.17, 15) is 14.7 Å². The highest BCUT2D eigenvalue weighted by atomic mass is 79.9. The summed E-state index contributed by atoms with van der Waals surface area (Å²) in [6.07, 6.45) is 1.53. The molecule has 0 amide bonds. The first-order valence-corrected chi connectivity index (χ1v) is 8.44. The predicted octanol–water partition coefficient (Wildman–Crippen LogP) is 3.09. The molecular formula is C18H15BrN2O4. The van der Waals surface area contributed by atoms with Crippen molar-refractivity contribution in [1.82, 2.24) is 9.55 Å². The third kappa shape index (κ3) is 3.28. The van der Waals surface area contributed by atoms with Gasteiger partial charge in [-0.25, -0.2) is 9.78 Å². The zero-order chi connectivity index (χ0) is 18.0. The molecule has 0 unspecified atom stereocenters. The Kier molecular flexibility index (Phi) is 4.85. The van der Waals surface area contributed by atoms with Gasteiger partial charge in [0.05, 0.1) is 18.5 Å². The number of hydrogen-bond donors (Lipinski definition) is 1. The smallest absolute Gasteiger partial charge is 0.347 e. The van der Waals surface area contributed by atoms with Crippen LogP contribution in [0.5, 0.6) is 5.75 Å². The number of esters is 1. The van der Waals surface area contributed by atoms with Gasteiger partial charge in [0.25, 0.3) is 5.56 Å². The van der Waals surface area contributed by atoms with Gasteiger partial charge in [0.1, 0.15) is 11.4 Å². The van der Waals surface area contributed by atoms with Crippen molar-refractivity contribution in [3.05, 3.63) is 68.5 Å². The average Bonchev–Trinajstić information content (AvgIpc) is 2.60. The summed E-state index contributed by atoms with van der Waals surface area (Å²) in [5, 5.41) is 10.8. The fourth-order valence-corrected chi connectivity index (χ4v) is 2.92. The van der Waals surface area contributed by atoms with Crippen molar-refractivity contribution in [1.29, 1.82) is 0 Å². The summed E-state index contributed by atoms with van der Waals surface area (Å²) in [5.41, 5.74) is 0.144. The number of carbonyl (C=O) groups is 1. The fraction of sp³-hybridized carbons (Fsp3) is 0.167. The zero-order valence-electron chi connectivity index (χ0n) is 13.4. The number of pyridine rings is 2. The molecule has 0 atom stereocenters. The van der Waals surface area contributed by atoms with E-state index in [-0.39, 0.29) is 18.7 Å². The van der Waals surface area contributed by atoms with Gasteiger partial charge in [0, 0.05) is 10.7 Å². The molecule has 7 heteroatoms. The molecule has 0 saturated heterocycles. The Balaban J connectivity index is 2.30. The number of halogens is 1. The van der Waals surface area contributed by atoms with Crippen LogP contribution in [0.4, 0.5) is 0 Å². The van der Waals surface area contributed by atoms with E-state index in [1.165, 1.54) is 10.8 Å². The maximum absolute atomic E-state index is 12.9. The van der Waals surface area contributed by atoms with E-state index >= 15 is 0 Å². The van der Waals surface area contributed by atoms with Crippen LogP contribution in [0.15, 0.2) is 51.9 Å². The van der Waals surface area contributed by atoms with Crippen LogP contribution >= 0.6 is 15.9 Å². The normalized spacial score (nSPS) is 10.8. The lowest BCUT2D eigenvalue weighted by molar-refractivity contribution is 0.0520. The number of carbonyl (C=O) groups excluding carboxylic acids is 1. The molecule has 0 fully saturated rings. The minimum atomic E-state index is -0.853. The Bertz CT molecular complexity index is 999. The molecule has 3 rings (SSSR count). The molecule has 1 N–H and O–H groups in total. The highest BCUT2D eigenvalue weighted by Gasteiger charge is 2.24. The third-order valence-electron chi connectivity index (χ3n) is 3.70. The van der Waals surface area contributed by atoms with Crippen molar-refractivity contribution in [2.75, 3.05) is 6.61 Å². The standard InChI is InChI=1S/C18H15BrN2O4/c1-2-25-18(24)14-15(22)13-8-12(19)9-20-16(13)21(17(14)23)10-11-6-4-3-5-7-11/h3-9,22H,2,10H2,1H3. The first-order valence-electron chi connectivity index (χ1n) is 7.65. The summed E-state index contributed by atoms with van der Waals surface area (Å²) in [7, 11) is 0. The van der Waals surface area contributed by atoms with Gasteiger partial charge in [-0.2, -0.15) is 0 Å². The molecule has 25 heavy (non-hydrogen) atoms. The SMILES string of the molecule is CCOC(=O)c1c(O)c2cc(Br)cnc2n(Cc2ccccc2)c1=O. The molecule has 0 bridgehead atoms. The van der Waals surface area contributed by atoms with E-state index in [1.807, 2.05) is 30.3 Å². The Morgan fingerprint density at radius 2 is 2.04 bits per heavy atom. The molecule has 3 aromatic rings. The van der Waals surface area contributed by atoms with Crippen LogP contribution in [-0.4, -0.2) is 27.2 Å². The Hall–Kier alpha value is -2.67. The Labute approximate surface area is 151 Å². The van der Waals surface area contributed by atoms with Crippen molar-refractivity contribution in [3.63, 3.8) is 0 Å². The number of aromatic nitrogens is 2. The Morgan fingerprint density at radius 3 is 2.72 bits per heavy atom. The van der Waals surface area contributed by atoms with Crippen LogP contribution in [0, 0.1) is 0 Å². The summed E-state index contributed by atoms with van der Waals surface area (Å²) in [6, 6.07) is 10.9. The van der Waals surface area contributed by atoms with E-state index in [2.05, 4.69) is 20.9 Å².